The monoisotopic (exact) mass is 386 g/mol. The molecule has 1 heterocycles. The van der Waals surface area contributed by atoms with Crippen molar-refractivity contribution in [1.29, 1.82) is 0 Å². The lowest BCUT2D eigenvalue weighted by Crippen LogP contribution is -2.23. The summed E-state index contributed by atoms with van der Waals surface area (Å²) >= 11 is 6.27. The third kappa shape index (κ3) is 4.55. The van der Waals surface area contributed by atoms with E-state index in [4.69, 9.17) is 21.1 Å². The molecule has 6 heteroatoms. The maximum absolute atomic E-state index is 12.2. The molecule has 0 saturated carbocycles. The molecule has 0 aliphatic carbocycles. The van der Waals surface area contributed by atoms with Gasteiger partial charge in [-0.3, -0.25) is 4.79 Å². The minimum atomic E-state index is -0.00995. The number of nitrogens with one attached hydrogen (secondary N) is 2. The SMILES string of the molecule is CCOc1c(Cl)cc(CNC(=O)CCc2c[nH]c3ccccc23)cc1OC. The summed E-state index contributed by atoms with van der Waals surface area (Å²) in [5.41, 5.74) is 3.09. The molecule has 0 spiro atoms. The van der Waals surface area contributed by atoms with Crippen molar-refractivity contribution >= 4 is 28.4 Å². The Hall–Kier alpha value is -2.66. The van der Waals surface area contributed by atoms with Crippen LogP contribution in [0.3, 0.4) is 0 Å². The van der Waals surface area contributed by atoms with Gasteiger partial charge in [0.2, 0.25) is 5.91 Å². The number of halogens is 1. The van der Waals surface area contributed by atoms with Gasteiger partial charge in [-0.15, -0.1) is 0 Å². The zero-order chi connectivity index (χ0) is 19.2. The van der Waals surface area contributed by atoms with Gasteiger partial charge in [0, 0.05) is 30.1 Å². The number of aromatic nitrogens is 1. The molecule has 5 nitrogen and oxygen atoms in total. The number of H-pyrrole nitrogens is 1. The summed E-state index contributed by atoms with van der Waals surface area (Å²) in [5.74, 6) is 1.08. The van der Waals surface area contributed by atoms with E-state index in [1.165, 1.54) is 0 Å². The number of aryl methyl sites for hydroxylation is 1. The van der Waals surface area contributed by atoms with Gasteiger partial charge < -0.3 is 19.8 Å². The van der Waals surface area contributed by atoms with E-state index >= 15 is 0 Å². The maximum atomic E-state index is 12.2. The molecule has 1 aromatic heterocycles. The van der Waals surface area contributed by atoms with Gasteiger partial charge in [0.1, 0.15) is 0 Å². The third-order valence-corrected chi connectivity index (χ3v) is 4.64. The Morgan fingerprint density at radius 2 is 2.07 bits per heavy atom. The lowest BCUT2D eigenvalue weighted by atomic mass is 10.1. The number of amides is 1. The molecule has 0 fully saturated rings. The van der Waals surface area contributed by atoms with Crippen LogP contribution in [0.15, 0.2) is 42.6 Å². The van der Waals surface area contributed by atoms with E-state index in [2.05, 4.69) is 16.4 Å². The zero-order valence-corrected chi connectivity index (χ0v) is 16.2. The summed E-state index contributed by atoms with van der Waals surface area (Å²) in [6.45, 7) is 2.77. The lowest BCUT2D eigenvalue weighted by molar-refractivity contribution is -0.121. The quantitative estimate of drug-likeness (QED) is 0.600. The Balaban J connectivity index is 1.58. The molecule has 0 atom stereocenters. The molecule has 0 bridgehead atoms. The number of para-hydroxylation sites is 1. The number of hydrogen-bond acceptors (Lipinski definition) is 3. The average Bonchev–Trinajstić information content (AvgIpc) is 3.09. The molecular weight excluding hydrogens is 364 g/mol. The molecule has 0 radical (unpaired) electrons. The van der Waals surface area contributed by atoms with Crippen molar-refractivity contribution in [3.8, 4) is 11.5 Å². The minimum Gasteiger partial charge on any atom is -0.493 e. The van der Waals surface area contributed by atoms with Crippen LogP contribution < -0.4 is 14.8 Å². The Bertz CT molecular complexity index is 936. The molecule has 27 heavy (non-hydrogen) atoms. The first-order chi connectivity index (χ1) is 13.1. The Kier molecular flexibility index (Phi) is 6.24. The molecule has 3 aromatic rings. The van der Waals surface area contributed by atoms with Crippen molar-refractivity contribution in [2.24, 2.45) is 0 Å². The normalized spacial score (nSPS) is 10.8. The van der Waals surface area contributed by atoms with Crippen molar-refractivity contribution in [3.63, 3.8) is 0 Å². The van der Waals surface area contributed by atoms with E-state index in [1.54, 1.807) is 13.2 Å². The zero-order valence-electron chi connectivity index (χ0n) is 15.5. The topological polar surface area (TPSA) is 63.3 Å². The Labute approximate surface area is 163 Å². The number of carbonyl (C=O) groups excluding carboxylic acids is 1. The molecule has 2 N–H and O–H groups in total. The highest BCUT2D eigenvalue weighted by molar-refractivity contribution is 6.32. The van der Waals surface area contributed by atoms with Crippen LogP contribution in [0.25, 0.3) is 10.9 Å². The standard InChI is InChI=1S/C21H23ClN2O3/c1-3-27-21-17(22)10-14(11-19(21)26-2)12-24-20(25)9-8-15-13-23-18-7-5-4-6-16(15)18/h4-7,10-11,13,23H,3,8-9,12H2,1-2H3,(H,24,25). The largest absolute Gasteiger partial charge is 0.493 e. The number of rotatable bonds is 8. The Morgan fingerprint density at radius 1 is 1.26 bits per heavy atom. The second kappa shape index (κ2) is 8.82. The highest BCUT2D eigenvalue weighted by Crippen LogP contribution is 2.36. The van der Waals surface area contributed by atoms with Crippen molar-refractivity contribution in [2.45, 2.75) is 26.3 Å². The van der Waals surface area contributed by atoms with Gasteiger partial charge in [-0.25, -0.2) is 0 Å². The van der Waals surface area contributed by atoms with Crippen LogP contribution in [0.1, 0.15) is 24.5 Å². The average molecular weight is 387 g/mol. The first kappa shape index (κ1) is 19.1. The van der Waals surface area contributed by atoms with Crippen molar-refractivity contribution in [3.05, 3.63) is 58.7 Å². The number of hydrogen-bond donors (Lipinski definition) is 2. The number of methoxy groups -OCH3 is 1. The van der Waals surface area contributed by atoms with E-state index in [9.17, 15) is 4.79 Å². The fourth-order valence-corrected chi connectivity index (χ4v) is 3.32. The van der Waals surface area contributed by atoms with Crippen molar-refractivity contribution in [2.75, 3.05) is 13.7 Å². The van der Waals surface area contributed by atoms with Gasteiger partial charge in [0.15, 0.2) is 11.5 Å². The molecule has 1 amide bonds. The van der Waals surface area contributed by atoms with Gasteiger partial charge in [-0.05, 0) is 42.7 Å². The molecule has 0 aliphatic rings. The van der Waals surface area contributed by atoms with Gasteiger partial charge in [0.05, 0.1) is 18.7 Å². The summed E-state index contributed by atoms with van der Waals surface area (Å²) in [6.07, 6.45) is 3.07. The molecule has 142 valence electrons. The predicted octanol–water partition coefficient (Wildman–Crippen LogP) is 4.48. The van der Waals surface area contributed by atoms with Crippen LogP contribution in [-0.4, -0.2) is 24.6 Å². The first-order valence-electron chi connectivity index (χ1n) is 8.93. The fourth-order valence-electron chi connectivity index (χ4n) is 3.04. The number of aromatic amines is 1. The van der Waals surface area contributed by atoms with E-state index in [0.717, 1.165) is 22.0 Å². The summed E-state index contributed by atoms with van der Waals surface area (Å²) in [7, 11) is 1.57. The smallest absolute Gasteiger partial charge is 0.220 e. The highest BCUT2D eigenvalue weighted by atomic mass is 35.5. The van der Waals surface area contributed by atoms with E-state index in [-0.39, 0.29) is 5.91 Å². The maximum Gasteiger partial charge on any atom is 0.220 e. The van der Waals surface area contributed by atoms with Gasteiger partial charge >= 0.3 is 0 Å². The second-order valence-corrected chi connectivity index (χ2v) is 6.59. The second-order valence-electron chi connectivity index (χ2n) is 6.18. The molecular formula is C21H23ClN2O3. The van der Waals surface area contributed by atoms with Crippen molar-refractivity contribution in [1.82, 2.24) is 10.3 Å². The molecule has 2 aromatic carbocycles. The van der Waals surface area contributed by atoms with Crippen LogP contribution >= 0.6 is 11.6 Å². The number of carbonyl (C=O) groups is 1. The highest BCUT2D eigenvalue weighted by Gasteiger charge is 2.12. The lowest BCUT2D eigenvalue weighted by Gasteiger charge is -2.13. The van der Waals surface area contributed by atoms with Crippen molar-refractivity contribution < 1.29 is 14.3 Å². The summed E-state index contributed by atoms with van der Waals surface area (Å²) in [5, 5.41) is 4.57. The van der Waals surface area contributed by atoms with Crippen LogP contribution in [0.4, 0.5) is 0 Å². The van der Waals surface area contributed by atoms with E-state index in [0.29, 0.717) is 42.5 Å². The number of ether oxygens (including phenoxy) is 2. The number of fused-ring (bicyclic) bond motifs is 1. The van der Waals surface area contributed by atoms with Crippen LogP contribution in [0.2, 0.25) is 5.02 Å². The number of benzene rings is 2. The van der Waals surface area contributed by atoms with E-state index < -0.39 is 0 Å². The van der Waals surface area contributed by atoms with E-state index in [1.807, 2.05) is 37.4 Å². The van der Waals surface area contributed by atoms with Crippen LogP contribution in [0.5, 0.6) is 11.5 Å². The fraction of sp³-hybridized carbons (Fsp3) is 0.286. The summed E-state index contributed by atoms with van der Waals surface area (Å²) < 4.78 is 10.8. The summed E-state index contributed by atoms with van der Waals surface area (Å²) in [6, 6.07) is 11.7. The summed E-state index contributed by atoms with van der Waals surface area (Å²) in [4.78, 5) is 15.5. The van der Waals surface area contributed by atoms with Gasteiger partial charge in [-0.1, -0.05) is 29.8 Å². The first-order valence-corrected chi connectivity index (χ1v) is 9.31. The van der Waals surface area contributed by atoms with Crippen LogP contribution in [-0.2, 0) is 17.8 Å². The Morgan fingerprint density at radius 3 is 2.85 bits per heavy atom. The molecule has 0 unspecified atom stereocenters. The molecule has 0 aliphatic heterocycles. The van der Waals surface area contributed by atoms with Gasteiger partial charge in [0.25, 0.3) is 0 Å². The third-order valence-electron chi connectivity index (χ3n) is 4.36. The van der Waals surface area contributed by atoms with Crippen LogP contribution in [0, 0.1) is 0 Å². The predicted molar refractivity (Wildman–Crippen MR) is 108 cm³/mol. The van der Waals surface area contributed by atoms with Gasteiger partial charge in [-0.2, -0.15) is 0 Å². The molecule has 3 rings (SSSR count). The molecule has 0 saturated heterocycles. The minimum absolute atomic E-state index is 0.00995.